The summed E-state index contributed by atoms with van der Waals surface area (Å²) in [5.41, 5.74) is 3.51. The molecule has 8 heteroatoms. The standard InChI is InChI=1S/C32H44N4O3Si/c1-22(2)40(23(3)4,24(5)6)39-30-17-28(16-27(30)20-37)35-32-29(18-33-21-34-32)31(38)26-13-15-36(19-26)14-12-25-10-8-7-9-11-25/h7-15,18-19,21-24,27-28,30,37H,16-17,20H2,1-6H3,(H,33,34,35)/b14-12-/t27-,28-,30+/m1/s1. The summed E-state index contributed by atoms with van der Waals surface area (Å²) in [5.74, 6) is 0.437. The summed E-state index contributed by atoms with van der Waals surface area (Å²) in [6, 6.07) is 11.9. The van der Waals surface area contributed by atoms with Crippen molar-refractivity contribution in [2.75, 3.05) is 11.9 Å². The molecule has 1 fully saturated rings. The molecule has 0 bridgehead atoms. The fourth-order valence-corrected chi connectivity index (χ4v) is 12.2. The second-order valence-corrected chi connectivity index (χ2v) is 17.3. The molecule has 0 aliphatic heterocycles. The minimum atomic E-state index is -2.10. The SMILES string of the molecule is CC(C)[Si](O[C@H]1C[C@H](Nc2ncncc2C(=O)c2ccn(/C=C\c3ccccc3)c2)C[C@@H]1CO)(C(C)C)C(C)C. The first-order chi connectivity index (χ1) is 19.1. The van der Waals surface area contributed by atoms with E-state index in [4.69, 9.17) is 4.43 Å². The number of rotatable bonds is 12. The van der Waals surface area contributed by atoms with Crippen molar-refractivity contribution in [2.24, 2.45) is 5.92 Å². The third kappa shape index (κ3) is 6.45. The number of anilines is 1. The lowest BCUT2D eigenvalue weighted by Crippen LogP contribution is -2.51. The molecule has 0 radical (unpaired) electrons. The van der Waals surface area contributed by atoms with E-state index in [1.54, 1.807) is 6.20 Å². The summed E-state index contributed by atoms with van der Waals surface area (Å²) in [6.45, 7) is 13.8. The van der Waals surface area contributed by atoms with Crippen LogP contribution in [0.2, 0.25) is 16.6 Å². The van der Waals surface area contributed by atoms with Crippen molar-refractivity contribution in [3.05, 3.63) is 78.0 Å². The topological polar surface area (TPSA) is 89.3 Å². The highest BCUT2D eigenvalue weighted by Gasteiger charge is 2.49. The van der Waals surface area contributed by atoms with Gasteiger partial charge in [-0.1, -0.05) is 71.9 Å². The smallest absolute Gasteiger partial charge is 0.200 e. The lowest BCUT2D eigenvalue weighted by molar-refractivity contribution is 0.0941. The van der Waals surface area contributed by atoms with Crippen LogP contribution in [0.5, 0.6) is 0 Å². The number of hydrogen-bond donors (Lipinski definition) is 2. The molecule has 4 rings (SSSR count). The van der Waals surface area contributed by atoms with Gasteiger partial charge in [0.1, 0.15) is 12.1 Å². The largest absolute Gasteiger partial charge is 0.413 e. The van der Waals surface area contributed by atoms with Crippen LogP contribution >= 0.6 is 0 Å². The first-order valence-corrected chi connectivity index (χ1v) is 16.6. The quantitative estimate of drug-likeness (QED) is 0.185. The van der Waals surface area contributed by atoms with Crippen LogP contribution in [0, 0.1) is 5.92 Å². The summed E-state index contributed by atoms with van der Waals surface area (Å²) in [4.78, 5) is 22.1. The molecule has 0 saturated heterocycles. The molecule has 0 spiro atoms. The van der Waals surface area contributed by atoms with Gasteiger partial charge in [0.2, 0.25) is 8.32 Å². The van der Waals surface area contributed by atoms with Crippen LogP contribution in [0.4, 0.5) is 5.82 Å². The van der Waals surface area contributed by atoms with E-state index in [0.717, 1.165) is 18.4 Å². The maximum atomic E-state index is 13.5. The zero-order chi connectivity index (χ0) is 28.9. The molecular formula is C32H44N4O3Si. The number of ketones is 1. The molecule has 1 saturated carbocycles. The predicted molar refractivity (Wildman–Crippen MR) is 165 cm³/mol. The van der Waals surface area contributed by atoms with E-state index < -0.39 is 8.32 Å². The highest BCUT2D eigenvalue weighted by atomic mass is 28.4. The van der Waals surface area contributed by atoms with Crippen molar-refractivity contribution < 1.29 is 14.3 Å². The molecule has 3 aromatic rings. The Hall–Kier alpha value is -3.07. The van der Waals surface area contributed by atoms with E-state index in [-0.39, 0.29) is 30.5 Å². The third-order valence-corrected chi connectivity index (χ3v) is 14.6. The molecule has 0 amide bonds. The van der Waals surface area contributed by atoms with Gasteiger partial charge in [-0.2, -0.15) is 0 Å². The number of benzene rings is 1. The van der Waals surface area contributed by atoms with Gasteiger partial charge in [-0.15, -0.1) is 0 Å². The van der Waals surface area contributed by atoms with Crippen molar-refractivity contribution in [1.29, 1.82) is 0 Å². The maximum Gasteiger partial charge on any atom is 0.200 e. The van der Waals surface area contributed by atoms with E-state index in [1.165, 1.54) is 6.33 Å². The van der Waals surface area contributed by atoms with Gasteiger partial charge in [0, 0.05) is 48.9 Å². The molecule has 2 N–H and O–H groups in total. The van der Waals surface area contributed by atoms with Gasteiger partial charge in [0.15, 0.2) is 5.78 Å². The number of nitrogens with one attached hydrogen (secondary N) is 1. The molecule has 214 valence electrons. The van der Waals surface area contributed by atoms with Crippen LogP contribution in [-0.2, 0) is 4.43 Å². The van der Waals surface area contributed by atoms with E-state index in [0.29, 0.717) is 33.6 Å². The highest BCUT2D eigenvalue weighted by molar-refractivity contribution is 6.77. The van der Waals surface area contributed by atoms with E-state index in [1.807, 2.05) is 65.6 Å². The Morgan fingerprint density at radius 2 is 1.80 bits per heavy atom. The minimum absolute atomic E-state index is 0.0206. The Morgan fingerprint density at radius 1 is 1.10 bits per heavy atom. The van der Waals surface area contributed by atoms with Crippen LogP contribution < -0.4 is 5.32 Å². The van der Waals surface area contributed by atoms with Crippen LogP contribution in [-0.4, -0.2) is 52.5 Å². The normalized spacial score (nSPS) is 19.8. The van der Waals surface area contributed by atoms with Crippen LogP contribution in [0.3, 0.4) is 0 Å². The number of carbonyl (C=O) groups is 1. The van der Waals surface area contributed by atoms with Crippen LogP contribution in [0.15, 0.2) is 61.3 Å². The second-order valence-electron chi connectivity index (χ2n) is 11.9. The first kappa shape index (κ1) is 29.9. The summed E-state index contributed by atoms with van der Waals surface area (Å²) in [6.07, 6.45) is 12.2. The highest BCUT2D eigenvalue weighted by Crippen LogP contribution is 2.46. The molecule has 0 unspecified atom stereocenters. The number of aliphatic hydroxyl groups excluding tert-OH is 1. The molecule has 40 heavy (non-hydrogen) atoms. The summed E-state index contributed by atoms with van der Waals surface area (Å²) in [7, 11) is -2.10. The monoisotopic (exact) mass is 560 g/mol. The Balaban J connectivity index is 1.49. The van der Waals surface area contributed by atoms with Crippen molar-refractivity contribution >= 4 is 32.2 Å². The zero-order valence-corrected chi connectivity index (χ0v) is 25.6. The van der Waals surface area contributed by atoms with Crippen molar-refractivity contribution in [3.8, 4) is 0 Å². The Labute approximate surface area is 239 Å². The van der Waals surface area contributed by atoms with Crippen LogP contribution in [0.1, 0.15) is 75.9 Å². The van der Waals surface area contributed by atoms with Crippen molar-refractivity contribution in [2.45, 2.75) is 83.2 Å². The molecule has 2 heterocycles. The fraction of sp³-hybridized carbons (Fsp3) is 0.469. The zero-order valence-electron chi connectivity index (χ0n) is 24.6. The molecule has 2 aromatic heterocycles. The van der Waals surface area contributed by atoms with Crippen molar-refractivity contribution in [1.82, 2.24) is 14.5 Å². The number of hydrogen-bond acceptors (Lipinski definition) is 6. The number of nitrogens with zero attached hydrogens (tertiary/aromatic N) is 3. The summed E-state index contributed by atoms with van der Waals surface area (Å²) in [5, 5.41) is 13.8. The molecule has 1 aliphatic carbocycles. The van der Waals surface area contributed by atoms with Gasteiger partial charge in [0.25, 0.3) is 0 Å². The molecule has 7 nitrogen and oxygen atoms in total. The third-order valence-electron chi connectivity index (χ3n) is 8.44. The van der Waals surface area contributed by atoms with Gasteiger partial charge >= 0.3 is 0 Å². The number of carbonyl (C=O) groups excluding carboxylic acids is 1. The predicted octanol–water partition coefficient (Wildman–Crippen LogP) is 6.88. The molecule has 1 aliphatic rings. The van der Waals surface area contributed by atoms with Gasteiger partial charge in [-0.3, -0.25) is 4.79 Å². The summed E-state index contributed by atoms with van der Waals surface area (Å²) >= 11 is 0. The fourth-order valence-electron chi connectivity index (χ4n) is 6.55. The Morgan fingerprint density at radius 3 is 2.45 bits per heavy atom. The Bertz CT molecular complexity index is 1270. The lowest BCUT2D eigenvalue weighted by Gasteiger charge is -2.45. The van der Waals surface area contributed by atoms with Crippen LogP contribution in [0.25, 0.3) is 12.3 Å². The lowest BCUT2D eigenvalue weighted by atomic mass is 10.1. The van der Waals surface area contributed by atoms with Gasteiger partial charge in [-0.25, -0.2) is 9.97 Å². The minimum Gasteiger partial charge on any atom is -0.413 e. The number of aliphatic hydroxyl groups is 1. The average Bonchev–Trinajstić information content (AvgIpc) is 3.57. The Kier molecular flexibility index (Phi) is 9.76. The van der Waals surface area contributed by atoms with E-state index in [9.17, 15) is 9.90 Å². The van der Waals surface area contributed by atoms with E-state index in [2.05, 4.69) is 56.8 Å². The maximum absolute atomic E-state index is 13.5. The van der Waals surface area contributed by atoms with Gasteiger partial charge in [0.05, 0.1) is 11.7 Å². The van der Waals surface area contributed by atoms with Gasteiger partial charge in [-0.05, 0) is 47.2 Å². The van der Waals surface area contributed by atoms with Crippen molar-refractivity contribution in [3.63, 3.8) is 0 Å². The summed E-state index contributed by atoms with van der Waals surface area (Å²) < 4.78 is 8.96. The molecule has 1 aromatic carbocycles. The molecule has 3 atom stereocenters. The molecular weight excluding hydrogens is 516 g/mol. The van der Waals surface area contributed by atoms with E-state index >= 15 is 0 Å². The van der Waals surface area contributed by atoms with Gasteiger partial charge < -0.3 is 19.4 Å². The number of aromatic nitrogens is 3. The average molecular weight is 561 g/mol. The second kappa shape index (κ2) is 13.1. The first-order valence-electron chi connectivity index (χ1n) is 14.5.